The van der Waals surface area contributed by atoms with Crippen LogP contribution >= 0.6 is 0 Å². The van der Waals surface area contributed by atoms with Gasteiger partial charge in [-0.05, 0) is 26.0 Å². The van der Waals surface area contributed by atoms with Crippen LogP contribution in [0.4, 0.5) is 10.5 Å². The first-order valence-corrected chi connectivity index (χ1v) is 5.94. The van der Waals surface area contributed by atoms with Gasteiger partial charge in [-0.3, -0.25) is 9.69 Å². The molecule has 0 saturated carbocycles. The number of carbonyl (C=O) groups is 2. The van der Waals surface area contributed by atoms with Crippen LogP contribution in [0.5, 0.6) is 0 Å². The smallest absolute Gasteiger partial charge is 0.334 e. The van der Waals surface area contributed by atoms with Crippen LogP contribution in [0.3, 0.4) is 0 Å². The van der Waals surface area contributed by atoms with Crippen molar-refractivity contribution in [2.75, 3.05) is 11.5 Å². The zero-order chi connectivity index (χ0) is 12.9. The van der Waals surface area contributed by atoms with Crippen molar-refractivity contribution in [1.82, 2.24) is 4.90 Å². The number of hydrogen-bond acceptors (Lipinski definition) is 3. The molecule has 1 aromatic carbocycles. The predicted octanol–water partition coefficient (Wildman–Crippen LogP) is 1.51. The van der Waals surface area contributed by atoms with Crippen molar-refractivity contribution in [3.63, 3.8) is 0 Å². The molecule has 2 atom stereocenters. The fourth-order valence-corrected chi connectivity index (χ4v) is 2.41. The maximum absolute atomic E-state index is 12.2. The van der Waals surface area contributed by atoms with Gasteiger partial charge in [-0.2, -0.15) is 0 Å². The Labute approximate surface area is 105 Å². The number of ether oxygens (including phenoxy) is 1. The molecule has 0 aromatic heterocycles. The molecular formula is C13H14N2O3. The molecule has 2 fully saturated rings. The van der Waals surface area contributed by atoms with E-state index in [1.807, 2.05) is 19.1 Å². The van der Waals surface area contributed by atoms with Gasteiger partial charge in [0.2, 0.25) is 0 Å². The van der Waals surface area contributed by atoms with E-state index in [0.717, 1.165) is 5.56 Å². The molecule has 1 unspecified atom stereocenters. The van der Waals surface area contributed by atoms with Crippen LogP contribution < -0.4 is 4.90 Å². The molecule has 0 spiro atoms. The standard InChI is InChI=1S/C13H14N2O3/c1-8-3-5-10(6-4-8)15-12(16)11-7-18-9(2)14(11)13(15)17/h3-6,9,11H,7H2,1-2H3/t9?,11-/m1/s1. The fourth-order valence-electron chi connectivity index (χ4n) is 2.41. The molecule has 3 amide bonds. The highest BCUT2D eigenvalue weighted by Crippen LogP contribution is 2.30. The number of rotatable bonds is 1. The van der Waals surface area contributed by atoms with Crippen molar-refractivity contribution >= 4 is 17.6 Å². The van der Waals surface area contributed by atoms with Crippen LogP contribution in [0.2, 0.25) is 0 Å². The molecule has 1 aromatic rings. The molecule has 0 aliphatic carbocycles. The molecule has 0 radical (unpaired) electrons. The van der Waals surface area contributed by atoms with Gasteiger partial charge in [0.25, 0.3) is 5.91 Å². The van der Waals surface area contributed by atoms with E-state index in [1.165, 1.54) is 9.80 Å². The predicted molar refractivity (Wildman–Crippen MR) is 65.1 cm³/mol. The summed E-state index contributed by atoms with van der Waals surface area (Å²) in [5.74, 6) is -0.201. The highest BCUT2D eigenvalue weighted by atomic mass is 16.5. The number of amides is 3. The number of imide groups is 1. The second-order valence-electron chi connectivity index (χ2n) is 4.65. The van der Waals surface area contributed by atoms with Crippen molar-refractivity contribution in [2.45, 2.75) is 26.1 Å². The maximum atomic E-state index is 12.2. The van der Waals surface area contributed by atoms with Crippen LogP contribution in [-0.4, -0.2) is 35.7 Å². The minimum atomic E-state index is -0.464. The lowest BCUT2D eigenvalue weighted by atomic mass is 10.2. The first-order valence-electron chi connectivity index (χ1n) is 5.94. The van der Waals surface area contributed by atoms with Gasteiger partial charge in [0, 0.05) is 0 Å². The SMILES string of the molecule is Cc1ccc(N2C(=O)[C@H]3COC(C)N3C2=O)cc1. The molecule has 5 heteroatoms. The van der Waals surface area contributed by atoms with E-state index in [0.29, 0.717) is 5.69 Å². The lowest BCUT2D eigenvalue weighted by Crippen LogP contribution is -2.37. The van der Waals surface area contributed by atoms with E-state index in [-0.39, 0.29) is 24.8 Å². The first kappa shape index (κ1) is 11.2. The summed E-state index contributed by atoms with van der Waals surface area (Å²) in [5.41, 5.74) is 1.72. The second kappa shape index (κ2) is 3.81. The van der Waals surface area contributed by atoms with Crippen LogP contribution in [0, 0.1) is 6.92 Å². The summed E-state index contributed by atoms with van der Waals surface area (Å²) in [6, 6.07) is 6.60. The Morgan fingerprint density at radius 2 is 1.89 bits per heavy atom. The first-order chi connectivity index (χ1) is 8.59. The molecule has 5 nitrogen and oxygen atoms in total. The van der Waals surface area contributed by atoms with E-state index >= 15 is 0 Å². The van der Waals surface area contributed by atoms with Crippen molar-refractivity contribution in [3.8, 4) is 0 Å². The third-order valence-corrected chi connectivity index (χ3v) is 3.43. The highest BCUT2D eigenvalue weighted by Gasteiger charge is 2.51. The van der Waals surface area contributed by atoms with Gasteiger partial charge in [-0.1, -0.05) is 17.7 Å². The molecule has 3 rings (SSSR count). The van der Waals surface area contributed by atoms with E-state index in [4.69, 9.17) is 4.74 Å². The lowest BCUT2D eigenvalue weighted by molar-refractivity contribution is -0.119. The number of fused-ring (bicyclic) bond motifs is 1. The second-order valence-corrected chi connectivity index (χ2v) is 4.65. The molecular weight excluding hydrogens is 232 g/mol. The van der Waals surface area contributed by atoms with Crippen LogP contribution in [0.1, 0.15) is 12.5 Å². The van der Waals surface area contributed by atoms with Gasteiger partial charge in [0.1, 0.15) is 12.3 Å². The average Bonchev–Trinajstić information content (AvgIpc) is 2.83. The van der Waals surface area contributed by atoms with Crippen LogP contribution in [0.25, 0.3) is 0 Å². The van der Waals surface area contributed by atoms with Gasteiger partial charge < -0.3 is 4.74 Å². The third-order valence-electron chi connectivity index (χ3n) is 3.43. The molecule has 2 aliphatic rings. The maximum Gasteiger partial charge on any atom is 0.334 e. The number of aryl methyl sites for hydroxylation is 1. The summed E-state index contributed by atoms with van der Waals surface area (Å²) >= 11 is 0. The van der Waals surface area contributed by atoms with Crippen LogP contribution in [-0.2, 0) is 9.53 Å². The number of carbonyl (C=O) groups excluding carboxylic acids is 2. The molecule has 2 aliphatic heterocycles. The van der Waals surface area contributed by atoms with Crippen molar-refractivity contribution < 1.29 is 14.3 Å². The molecule has 2 saturated heterocycles. The Bertz CT molecular complexity index is 511. The Morgan fingerprint density at radius 3 is 2.50 bits per heavy atom. The number of urea groups is 1. The topological polar surface area (TPSA) is 49.9 Å². The third kappa shape index (κ3) is 1.44. The van der Waals surface area contributed by atoms with Crippen molar-refractivity contribution in [2.24, 2.45) is 0 Å². The Hall–Kier alpha value is -1.88. The van der Waals surface area contributed by atoms with Gasteiger partial charge >= 0.3 is 6.03 Å². The van der Waals surface area contributed by atoms with Crippen molar-refractivity contribution in [1.29, 1.82) is 0 Å². The Balaban J connectivity index is 1.97. The number of anilines is 1. The average molecular weight is 246 g/mol. The van der Waals surface area contributed by atoms with Gasteiger partial charge in [-0.15, -0.1) is 0 Å². The molecule has 0 bridgehead atoms. The Kier molecular flexibility index (Phi) is 2.38. The summed E-state index contributed by atoms with van der Waals surface area (Å²) in [4.78, 5) is 27.2. The number of nitrogens with zero attached hydrogens (tertiary/aromatic N) is 2. The number of hydrogen-bond donors (Lipinski definition) is 0. The zero-order valence-electron chi connectivity index (χ0n) is 10.3. The van der Waals surface area contributed by atoms with Crippen LogP contribution in [0.15, 0.2) is 24.3 Å². The summed E-state index contributed by atoms with van der Waals surface area (Å²) < 4.78 is 5.32. The minimum absolute atomic E-state index is 0.201. The van der Waals surface area contributed by atoms with Gasteiger partial charge in [0.05, 0.1) is 12.3 Å². The molecule has 0 N–H and O–H groups in total. The summed E-state index contributed by atoms with van der Waals surface area (Å²) in [5, 5.41) is 0. The normalized spacial score (nSPS) is 27.0. The molecule has 2 heterocycles. The summed E-state index contributed by atoms with van der Waals surface area (Å²) in [7, 11) is 0. The fraction of sp³-hybridized carbons (Fsp3) is 0.385. The lowest BCUT2D eigenvalue weighted by Gasteiger charge is -2.19. The quantitative estimate of drug-likeness (QED) is 0.706. The molecule has 18 heavy (non-hydrogen) atoms. The minimum Gasteiger partial charge on any atom is -0.356 e. The van der Waals surface area contributed by atoms with Gasteiger partial charge in [0.15, 0.2) is 0 Å². The van der Waals surface area contributed by atoms with Crippen molar-refractivity contribution in [3.05, 3.63) is 29.8 Å². The van der Waals surface area contributed by atoms with E-state index in [1.54, 1.807) is 19.1 Å². The highest BCUT2D eigenvalue weighted by molar-refractivity contribution is 6.21. The van der Waals surface area contributed by atoms with E-state index in [2.05, 4.69) is 0 Å². The summed E-state index contributed by atoms with van der Waals surface area (Å²) in [6.45, 7) is 4.03. The summed E-state index contributed by atoms with van der Waals surface area (Å²) in [6.07, 6.45) is -0.332. The number of benzene rings is 1. The van der Waals surface area contributed by atoms with Gasteiger partial charge in [-0.25, -0.2) is 9.69 Å². The monoisotopic (exact) mass is 246 g/mol. The zero-order valence-corrected chi connectivity index (χ0v) is 10.3. The largest absolute Gasteiger partial charge is 0.356 e. The molecule has 94 valence electrons. The van der Waals surface area contributed by atoms with E-state index < -0.39 is 6.04 Å². The van der Waals surface area contributed by atoms with E-state index in [9.17, 15) is 9.59 Å². The Morgan fingerprint density at radius 1 is 1.22 bits per heavy atom.